The van der Waals surface area contributed by atoms with Crippen molar-refractivity contribution in [2.75, 3.05) is 13.1 Å². The Bertz CT molecular complexity index is 429. The summed E-state index contributed by atoms with van der Waals surface area (Å²) in [5, 5.41) is 18.3. The van der Waals surface area contributed by atoms with Crippen LogP contribution in [0.5, 0.6) is 0 Å². The van der Waals surface area contributed by atoms with E-state index in [1.54, 1.807) is 6.92 Å². The van der Waals surface area contributed by atoms with Crippen molar-refractivity contribution < 1.29 is 15.0 Å². The van der Waals surface area contributed by atoms with Crippen LogP contribution in [0.2, 0.25) is 0 Å². The van der Waals surface area contributed by atoms with Gasteiger partial charge in [-0.1, -0.05) is 37.3 Å². The Kier molecular flexibility index (Phi) is 9.33. The van der Waals surface area contributed by atoms with Crippen LogP contribution in [-0.4, -0.2) is 40.2 Å². The van der Waals surface area contributed by atoms with Gasteiger partial charge in [0.2, 0.25) is 0 Å². The molecule has 4 nitrogen and oxygen atoms in total. The fourth-order valence-corrected chi connectivity index (χ4v) is 2.45. The number of halogens is 1. The van der Waals surface area contributed by atoms with E-state index in [1.165, 1.54) is 0 Å². The maximum Gasteiger partial charge on any atom is 0.303 e. The summed E-state index contributed by atoms with van der Waals surface area (Å²) in [6.45, 7) is 8.01. The van der Waals surface area contributed by atoms with Gasteiger partial charge in [0.15, 0.2) is 0 Å². The van der Waals surface area contributed by atoms with E-state index in [4.69, 9.17) is 5.11 Å². The van der Waals surface area contributed by atoms with Crippen LogP contribution in [0.1, 0.15) is 45.6 Å². The van der Waals surface area contributed by atoms with Crippen molar-refractivity contribution in [3.63, 3.8) is 0 Å². The number of piperidine rings is 1. The van der Waals surface area contributed by atoms with Crippen molar-refractivity contribution in [1.82, 2.24) is 4.90 Å². The third-order valence-electron chi connectivity index (χ3n) is 3.97. The van der Waals surface area contributed by atoms with Crippen molar-refractivity contribution in [3.8, 4) is 0 Å². The molecule has 0 atom stereocenters. The van der Waals surface area contributed by atoms with Crippen LogP contribution in [0.3, 0.4) is 0 Å². The number of rotatable bonds is 3. The maximum absolute atomic E-state index is 10.6. The first kappa shape index (κ1) is 20.9. The Morgan fingerprint density at radius 3 is 2.05 bits per heavy atom. The molecule has 0 unspecified atom stereocenters. The second-order valence-corrected chi connectivity index (χ2v) is 5.77. The van der Waals surface area contributed by atoms with E-state index in [-0.39, 0.29) is 18.8 Å². The third-order valence-corrected chi connectivity index (χ3v) is 3.97. The lowest BCUT2D eigenvalue weighted by Gasteiger charge is -2.40. The molecule has 1 saturated heterocycles. The zero-order chi connectivity index (χ0) is 15.9. The first-order valence-corrected chi connectivity index (χ1v) is 7.63. The highest BCUT2D eigenvalue weighted by atomic mass is 35.5. The molecule has 1 aromatic carbocycles. The van der Waals surface area contributed by atoms with E-state index < -0.39 is 11.6 Å². The minimum absolute atomic E-state index is 0. The Morgan fingerprint density at radius 1 is 1.23 bits per heavy atom. The molecule has 1 aromatic rings. The number of carboxylic acid groups (broad SMARTS) is 1. The first-order chi connectivity index (χ1) is 9.89. The fourth-order valence-electron chi connectivity index (χ4n) is 2.45. The van der Waals surface area contributed by atoms with E-state index >= 15 is 0 Å². The molecule has 126 valence electrons. The topological polar surface area (TPSA) is 60.8 Å². The van der Waals surface area contributed by atoms with E-state index in [0.29, 0.717) is 6.04 Å². The Hall–Kier alpha value is -1.10. The normalized spacial score (nSPS) is 17.1. The molecule has 1 heterocycles. The predicted molar refractivity (Wildman–Crippen MR) is 91.5 cm³/mol. The highest BCUT2D eigenvalue weighted by Crippen LogP contribution is 2.32. The number of carbonyl (C=O) groups is 1. The minimum atomic E-state index is -0.745. The fraction of sp³-hybridized carbons (Fsp3) is 0.588. The van der Waals surface area contributed by atoms with Crippen LogP contribution in [0.25, 0.3) is 0 Å². The van der Waals surface area contributed by atoms with Crippen molar-refractivity contribution in [2.24, 2.45) is 0 Å². The summed E-state index contributed by atoms with van der Waals surface area (Å²) in [5.41, 5.74) is 0.463. The number of aliphatic carboxylic acids is 1. The average Bonchev–Trinajstić information content (AvgIpc) is 2.49. The number of likely N-dealkylation sites (tertiary alicyclic amines) is 1. The number of hydrogen-bond acceptors (Lipinski definition) is 3. The van der Waals surface area contributed by atoms with Crippen LogP contribution < -0.4 is 0 Å². The minimum Gasteiger partial charge on any atom is -0.481 e. The van der Waals surface area contributed by atoms with E-state index in [2.05, 4.69) is 18.7 Å². The SMILES string of the molecule is CC(C)N1CCC(O)(c2ccccc2)CC1.CCC(=O)O.Cl. The molecule has 0 bridgehead atoms. The van der Waals surface area contributed by atoms with Crippen molar-refractivity contribution in [1.29, 1.82) is 0 Å². The molecule has 0 radical (unpaired) electrons. The molecule has 0 aliphatic carbocycles. The largest absolute Gasteiger partial charge is 0.481 e. The Morgan fingerprint density at radius 2 is 1.68 bits per heavy atom. The molecular formula is C17H28ClNO3. The van der Waals surface area contributed by atoms with Crippen LogP contribution in [0.4, 0.5) is 0 Å². The van der Waals surface area contributed by atoms with Gasteiger partial charge in [-0.2, -0.15) is 0 Å². The van der Waals surface area contributed by atoms with Crippen LogP contribution in [0, 0.1) is 0 Å². The van der Waals surface area contributed by atoms with Crippen molar-refractivity contribution in [2.45, 2.75) is 51.7 Å². The van der Waals surface area contributed by atoms with Gasteiger partial charge in [-0.3, -0.25) is 4.79 Å². The predicted octanol–water partition coefficient (Wildman–Crippen LogP) is 3.28. The molecule has 0 aromatic heterocycles. The zero-order valence-corrected chi connectivity index (χ0v) is 14.5. The number of hydrogen-bond donors (Lipinski definition) is 2. The lowest BCUT2D eigenvalue weighted by atomic mass is 9.84. The quantitative estimate of drug-likeness (QED) is 0.893. The summed E-state index contributed by atoms with van der Waals surface area (Å²) in [6, 6.07) is 10.6. The second-order valence-electron chi connectivity index (χ2n) is 5.77. The van der Waals surface area contributed by atoms with E-state index in [9.17, 15) is 9.90 Å². The first-order valence-electron chi connectivity index (χ1n) is 7.63. The number of carboxylic acids is 1. The standard InChI is InChI=1S/C14H21NO.C3H6O2.ClH/c1-12(2)15-10-8-14(16,9-11-15)13-6-4-3-5-7-13;1-2-3(4)5;/h3-7,12,16H,8-11H2,1-2H3;2H2,1H3,(H,4,5);1H. The average molecular weight is 330 g/mol. The van der Waals surface area contributed by atoms with Gasteiger partial charge in [0.25, 0.3) is 0 Å². The molecule has 1 aliphatic rings. The van der Waals surface area contributed by atoms with Gasteiger partial charge in [0.05, 0.1) is 5.60 Å². The van der Waals surface area contributed by atoms with Gasteiger partial charge in [-0.15, -0.1) is 12.4 Å². The third kappa shape index (κ3) is 6.34. The van der Waals surface area contributed by atoms with E-state index in [0.717, 1.165) is 31.5 Å². The molecule has 0 saturated carbocycles. The molecule has 0 amide bonds. The molecule has 2 rings (SSSR count). The summed E-state index contributed by atoms with van der Waals surface area (Å²) in [4.78, 5) is 11.8. The highest BCUT2D eigenvalue weighted by Gasteiger charge is 2.34. The molecule has 1 aliphatic heterocycles. The molecule has 5 heteroatoms. The second kappa shape index (κ2) is 9.82. The van der Waals surface area contributed by atoms with Crippen LogP contribution >= 0.6 is 12.4 Å². The van der Waals surface area contributed by atoms with Crippen LogP contribution in [0.15, 0.2) is 30.3 Å². The molecular weight excluding hydrogens is 302 g/mol. The summed E-state index contributed by atoms with van der Waals surface area (Å²) in [6.07, 6.45) is 1.91. The zero-order valence-electron chi connectivity index (χ0n) is 13.7. The van der Waals surface area contributed by atoms with E-state index in [1.807, 2.05) is 30.3 Å². The monoisotopic (exact) mass is 329 g/mol. The lowest BCUT2D eigenvalue weighted by Crippen LogP contribution is -2.45. The van der Waals surface area contributed by atoms with Gasteiger partial charge >= 0.3 is 5.97 Å². The number of aliphatic hydroxyl groups is 1. The Labute approximate surface area is 139 Å². The van der Waals surface area contributed by atoms with Gasteiger partial charge < -0.3 is 15.1 Å². The summed E-state index contributed by atoms with van der Waals surface area (Å²) in [5.74, 6) is -0.745. The summed E-state index contributed by atoms with van der Waals surface area (Å²) in [7, 11) is 0. The lowest BCUT2D eigenvalue weighted by molar-refractivity contribution is -0.136. The summed E-state index contributed by atoms with van der Waals surface area (Å²) >= 11 is 0. The molecule has 1 fully saturated rings. The number of benzene rings is 1. The molecule has 0 spiro atoms. The van der Waals surface area contributed by atoms with Crippen LogP contribution in [-0.2, 0) is 10.4 Å². The smallest absolute Gasteiger partial charge is 0.303 e. The van der Waals surface area contributed by atoms with Crippen molar-refractivity contribution in [3.05, 3.63) is 35.9 Å². The molecule has 22 heavy (non-hydrogen) atoms. The van der Waals surface area contributed by atoms with Gasteiger partial charge in [-0.25, -0.2) is 0 Å². The van der Waals surface area contributed by atoms with Gasteiger partial charge in [0.1, 0.15) is 0 Å². The number of nitrogens with zero attached hydrogens (tertiary/aromatic N) is 1. The maximum atomic E-state index is 10.6. The van der Waals surface area contributed by atoms with Gasteiger partial charge in [0, 0.05) is 25.6 Å². The van der Waals surface area contributed by atoms with Gasteiger partial charge in [-0.05, 0) is 32.3 Å². The Balaban J connectivity index is 0.000000644. The van der Waals surface area contributed by atoms with Crippen molar-refractivity contribution >= 4 is 18.4 Å². The highest BCUT2D eigenvalue weighted by molar-refractivity contribution is 5.85. The summed E-state index contributed by atoms with van der Waals surface area (Å²) < 4.78 is 0. The molecule has 2 N–H and O–H groups in total.